The fraction of sp³-hybridized carbons (Fsp3) is 0.684. The molecule has 1 unspecified atom stereocenters. The van der Waals surface area contributed by atoms with Crippen molar-refractivity contribution in [3.63, 3.8) is 0 Å². The lowest BCUT2D eigenvalue weighted by Gasteiger charge is -2.30. The van der Waals surface area contributed by atoms with E-state index in [4.69, 9.17) is 0 Å². The van der Waals surface area contributed by atoms with Gasteiger partial charge in [-0.05, 0) is 44.7 Å². The largest absolute Gasteiger partial charge is 0.313 e. The summed E-state index contributed by atoms with van der Waals surface area (Å²) in [5.41, 5.74) is 4.26. The van der Waals surface area contributed by atoms with Crippen molar-refractivity contribution in [3.8, 4) is 0 Å². The minimum Gasteiger partial charge on any atom is -0.313 e. The predicted octanol–water partition coefficient (Wildman–Crippen LogP) is 5.10. The summed E-state index contributed by atoms with van der Waals surface area (Å²) in [7, 11) is 0. The van der Waals surface area contributed by atoms with E-state index in [0.29, 0.717) is 6.04 Å². The zero-order valence-corrected chi connectivity index (χ0v) is 14.8. The van der Waals surface area contributed by atoms with Crippen LogP contribution in [-0.2, 0) is 5.75 Å². The molecule has 0 amide bonds. The Balaban J connectivity index is 1.83. The van der Waals surface area contributed by atoms with Crippen LogP contribution in [0.4, 0.5) is 0 Å². The standard InChI is InChI=1S/C19H31NS/c1-4-20-19(18-8-6-5-7-9-18)14-21-13-17-11-15(2)10-16(3)12-17/h10-12,18-20H,4-9,13-14H2,1-3H3. The summed E-state index contributed by atoms with van der Waals surface area (Å²) in [6.45, 7) is 7.74. The van der Waals surface area contributed by atoms with E-state index in [1.54, 1.807) is 0 Å². The van der Waals surface area contributed by atoms with Gasteiger partial charge in [-0.3, -0.25) is 0 Å². The van der Waals surface area contributed by atoms with Crippen molar-refractivity contribution in [2.45, 2.75) is 64.7 Å². The van der Waals surface area contributed by atoms with Gasteiger partial charge < -0.3 is 5.32 Å². The molecule has 1 nitrogen and oxygen atoms in total. The summed E-state index contributed by atoms with van der Waals surface area (Å²) < 4.78 is 0. The van der Waals surface area contributed by atoms with Gasteiger partial charge in [0.2, 0.25) is 0 Å². The molecule has 0 heterocycles. The summed E-state index contributed by atoms with van der Waals surface area (Å²) in [6, 6.07) is 7.65. The molecule has 0 spiro atoms. The first-order chi connectivity index (χ1) is 10.2. The van der Waals surface area contributed by atoms with Crippen LogP contribution in [0.2, 0.25) is 0 Å². The number of thioether (sulfide) groups is 1. The van der Waals surface area contributed by atoms with Crippen LogP contribution < -0.4 is 5.32 Å². The van der Waals surface area contributed by atoms with Gasteiger partial charge in [-0.1, -0.05) is 55.5 Å². The van der Waals surface area contributed by atoms with Crippen molar-refractivity contribution in [2.75, 3.05) is 12.3 Å². The van der Waals surface area contributed by atoms with Gasteiger partial charge in [0.15, 0.2) is 0 Å². The fourth-order valence-electron chi connectivity index (χ4n) is 3.62. The fourth-order valence-corrected chi connectivity index (χ4v) is 4.78. The lowest BCUT2D eigenvalue weighted by Crippen LogP contribution is -2.39. The average Bonchev–Trinajstić information content (AvgIpc) is 2.46. The third-order valence-corrected chi connectivity index (χ3v) is 5.67. The molecule has 2 rings (SSSR count). The monoisotopic (exact) mass is 305 g/mol. The Kier molecular flexibility index (Phi) is 7.12. The second kappa shape index (κ2) is 8.85. The third kappa shape index (κ3) is 5.67. The summed E-state index contributed by atoms with van der Waals surface area (Å²) in [6.07, 6.45) is 7.19. The summed E-state index contributed by atoms with van der Waals surface area (Å²) in [4.78, 5) is 0. The minimum absolute atomic E-state index is 0.714. The highest BCUT2D eigenvalue weighted by Gasteiger charge is 2.22. The topological polar surface area (TPSA) is 12.0 Å². The third-order valence-electron chi connectivity index (χ3n) is 4.53. The van der Waals surface area contributed by atoms with Crippen LogP contribution in [0.25, 0.3) is 0 Å². The van der Waals surface area contributed by atoms with Crippen molar-refractivity contribution in [3.05, 3.63) is 34.9 Å². The van der Waals surface area contributed by atoms with Gasteiger partial charge in [-0.2, -0.15) is 11.8 Å². The zero-order chi connectivity index (χ0) is 15.1. The number of benzene rings is 1. The van der Waals surface area contributed by atoms with E-state index in [-0.39, 0.29) is 0 Å². The Bertz CT molecular complexity index is 403. The molecule has 1 saturated carbocycles. The highest BCUT2D eigenvalue weighted by atomic mass is 32.2. The SMILES string of the molecule is CCNC(CSCc1cc(C)cc(C)c1)C1CCCCC1. The molecule has 1 fully saturated rings. The van der Waals surface area contributed by atoms with Crippen LogP contribution in [0.5, 0.6) is 0 Å². The first-order valence-corrected chi connectivity index (χ1v) is 9.73. The van der Waals surface area contributed by atoms with E-state index in [9.17, 15) is 0 Å². The molecule has 1 aromatic rings. The minimum atomic E-state index is 0.714. The maximum Gasteiger partial charge on any atom is 0.0186 e. The molecule has 0 radical (unpaired) electrons. The number of aryl methyl sites for hydroxylation is 2. The van der Waals surface area contributed by atoms with E-state index in [0.717, 1.165) is 18.2 Å². The van der Waals surface area contributed by atoms with Crippen LogP contribution in [0, 0.1) is 19.8 Å². The molecule has 0 saturated heterocycles. The Morgan fingerprint density at radius 1 is 1.10 bits per heavy atom. The number of hydrogen-bond donors (Lipinski definition) is 1. The summed E-state index contributed by atoms with van der Waals surface area (Å²) in [5, 5.41) is 3.74. The first kappa shape index (κ1) is 16.9. The maximum absolute atomic E-state index is 3.74. The molecule has 1 aromatic carbocycles. The van der Waals surface area contributed by atoms with Crippen molar-refractivity contribution in [1.82, 2.24) is 5.32 Å². The molecular weight excluding hydrogens is 274 g/mol. The Morgan fingerprint density at radius 3 is 2.38 bits per heavy atom. The van der Waals surface area contributed by atoms with Gasteiger partial charge in [0.1, 0.15) is 0 Å². The number of hydrogen-bond acceptors (Lipinski definition) is 2. The van der Waals surface area contributed by atoms with Gasteiger partial charge in [0.05, 0.1) is 0 Å². The highest BCUT2D eigenvalue weighted by Crippen LogP contribution is 2.28. The van der Waals surface area contributed by atoms with Gasteiger partial charge in [0, 0.05) is 17.5 Å². The van der Waals surface area contributed by atoms with Crippen LogP contribution >= 0.6 is 11.8 Å². The molecule has 2 heteroatoms. The zero-order valence-electron chi connectivity index (χ0n) is 14.0. The van der Waals surface area contributed by atoms with E-state index in [1.165, 1.54) is 54.5 Å². The molecule has 1 atom stereocenters. The highest BCUT2D eigenvalue weighted by molar-refractivity contribution is 7.98. The lowest BCUT2D eigenvalue weighted by molar-refractivity contribution is 0.288. The van der Waals surface area contributed by atoms with Crippen LogP contribution in [-0.4, -0.2) is 18.3 Å². The van der Waals surface area contributed by atoms with Crippen LogP contribution in [0.15, 0.2) is 18.2 Å². The smallest absolute Gasteiger partial charge is 0.0186 e. The van der Waals surface area contributed by atoms with Crippen molar-refractivity contribution < 1.29 is 0 Å². The first-order valence-electron chi connectivity index (χ1n) is 8.57. The molecule has 1 aliphatic rings. The molecule has 118 valence electrons. The Hall–Kier alpha value is -0.470. The predicted molar refractivity (Wildman–Crippen MR) is 96.1 cm³/mol. The van der Waals surface area contributed by atoms with E-state index in [2.05, 4.69) is 56.0 Å². The summed E-state index contributed by atoms with van der Waals surface area (Å²) >= 11 is 2.10. The molecule has 0 bridgehead atoms. The van der Waals surface area contributed by atoms with Crippen molar-refractivity contribution >= 4 is 11.8 Å². The quantitative estimate of drug-likeness (QED) is 0.752. The van der Waals surface area contributed by atoms with Crippen LogP contribution in [0.1, 0.15) is 55.7 Å². The Morgan fingerprint density at radius 2 is 1.76 bits per heavy atom. The molecule has 21 heavy (non-hydrogen) atoms. The van der Waals surface area contributed by atoms with Crippen molar-refractivity contribution in [2.24, 2.45) is 5.92 Å². The van der Waals surface area contributed by atoms with Crippen molar-refractivity contribution in [1.29, 1.82) is 0 Å². The van der Waals surface area contributed by atoms with Gasteiger partial charge in [-0.15, -0.1) is 0 Å². The van der Waals surface area contributed by atoms with E-state index >= 15 is 0 Å². The van der Waals surface area contributed by atoms with Gasteiger partial charge in [0.25, 0.3) is 0 Å². The molecule has 1 aliphatic carbocycles. The Labute approximate surface area is 135 Å². The van der Waals surface area contributed by atoms with Crippen LogP contribution in [0.3, 0.4) is 0 Å². The molecular formula is C19H31NS. The summed E-state index contributed by atoms with van der Waals surface area (Å²) in [5.74, 6) is 3.31. The second-order valence-electron chi connectivity index (χ2n) is 6.57. The van der Waals surface area contributed by atoms with Gasteiger partial charge >= 0.3 is 0 Å². The van der Waals surface area contributed by atoms with E-state index in [1.807, 2.05) is 0 Å². The number of rotatable bonds is 7. The normalized spacial score (nSPS) is 17.9. The second-order valence-corrected chi connectivity index (χ2v) is 7.60. The van der Waals surface area contributed by atoms with E-state index < -0.39 is 0 Å². The molecule has 0 aliphatic heterocycles. The lowest BCUT2D eigenvalue weighted by atomic mass is 9.84. The number of nitrogens with one attached hydrogen (secondary N) is 1. The molecule has 0 aromatic heterocycles. The average molecular weight is 306 g/mol. The van der Waals surface area contributed by atoms with Gasteiger partial charge in [-0.25, -0.2) is 0 Å². The molecule has 1 N–H and O–H groups in total. The maximum atomic E-state index is 3.74.